The Morgan fingerprint density at radius 3 is 2.41 bits per heavy atom. The van der Waals surface area contributed by atoms with Gasteiger partial charge in [-0.05, 0) is 18.2 Å². The number of rotatable bonds is 4. The Hall–Kier alpha value is -3.66. The molecular weight excluding hydrogens is 344 g/mol. The van der Waals surface area contributed by atoms with Gasteiger partial charge in [-0.1, -0.05) is 36.4 Å². The minimum atomic E-state index is -1.06. The smallest absolute Gasteiger partial charge is 0.417 e. The normalized spacial score (nSPS) is 18.6. The van der Waals surface area contributed by atoms with E-state index in [1.807, 2.05) is 60.7 Å². The molecule has 1 saturated heterocycles. The van der Waals surface area contributed by atoms with Crippen molar-refractivity contribution in [2.45, 2.75) is 6.54 Å². The summed E-state index contributed by atoms with van der Waals surface area (Å²) in [5.74, 6) is 0.0183. The molecule has 0 aromatic heterocycles. The Morgan fingerprint density at radius 2 is 1.70 bits per heavy atom. The Kier molecular flexibility index (Phi) is 5.18. The van der Waals surface area contributed by atoms with E-state index in [0.29, 0.717) is 18.0 Å². The maximum absolute atomic E-state index is 12.2. The van der Waals surface area contributed by atoms with Crippen molar-refractivity contribution in [3.8, 4) is 17.6 Å². The topological polar surface area (TPSA) is 87.6 Å². The minimum absolute atomic E-state index is 0.264. The van der Waals surface area contributed by atoms with Crippen LogP contribution in [-0.4, -0.2) is 41.7 Å². The van der Waals surface area contributed by atoms with Crippen molar-refractivity contribution in [2.24, 2.45) is 5.92 Å². The van der Waals surface area contributed by atoms with E-state index in [2.05, 4.69) is 4.99 Å². The summed E-state index contributed by atoms with van der Waals surface area (Å²) >= 11 is 0. The number of hydrogen-bond acceptors (Lipinski definition) is 4. The van der Waals surface area contributed by atoms with Gasteiger partial charge in [0.15, 0.2) is 0 Å². The molecule has 1 heterocycles. The van der Waals surface area contributed by atoms with Crippen LogP contribution in [0.4, 0.5) is 4.79 Å². The van der Waals surface area contributed by atoms with Crippen molar-refractivity contribution in [1.29, 1.82) is 5.26 Å². The van der Waals surface area contributed by atoms with Gasteiger partial charge in [0.2, 0.25) is 5.92 Å². The summed E-state index contributed by atoms with van der Waals surface area (Å²) < 4.78 is 5.92. The minimum Gasteiger partial charge on any atom is -0.457 e. The van der Waals surface area contributed by atoms with Gasteiger partial charge in [-0.15, -0.1) is 0 Å². The summed E-state index contributed by atoms with van der Waals surface area (Å²) in [6, 6.07) is 18.3. The lowest BCUT2D eigenvalue weighted by Gasteiger charge is -2.26. The molecule has 2 aromatic carbocycles. The van der Waals surface area contributed by atoms with E-state index in [1.165, 1.54) is 19.0 Å². The van der Waals surface area contributed by atoms with Crippen molar-refractivity contribution < 1.29 is 19.3 Å². The number of nitriles is 1. The van der Waals surface area contributed by atoms with Crippen LogP contribution in [0.5, 0.6) is 11.5 Å². The van der Waals surface area contributed by atoms with Crippen molar-refractivity contribution in [3.05, 3.63) is 60.2 Å². The van der Waals surface area contributed by atoms with Crippen molar-refractivity contribution >= 4 is 17.8 Å². The third-order valence-corrected chi connectivity index (χ3v) is 4.32. The number of carbonyl (C=O) groups is 2. The maximum Gasteiger partial charge on any atom is 0.417 e. The molecule has 0 radical (unpaired) electrons. The highest BCUT2D eigenvalue weighted by molar-refractivity contribution is 6.17. The lowest BCUT2D eigenvalue weighted by molar-refractivity contribution is -0.482. The van der Waals surface area contributed by atoms with Crippen LogP contribution in [0.2, 0.25) is 0 Å². The van der Waals surface area contributed by atoms with Gasteiger partial charge in [-0.25, -0.2) is 9.69 Å². The number of hydrogen-bond donors (Lipinski definition) is 1. The highest BCUT2D eigenvalue weighted by atomic mass is 16.5. The molecule has 0 spiro atoms. The Labute approximate surface area is 157 Å². The Morgan fingerprint density at radius 1 is 1.04 bits per heavy atom. The predicted octanol–water partition coefficient (Wildman–Crippen LogP) is 1.12. The number of para-hydroxylation sites is 2. The SMILES string of the molecule is CN1C(=O)C(C#N)C(=[NH+]Cc2ccccc2Oc2ccccc2)N(C)C1=O. The quantitative estimate of drug-likeness (QED) is 0.882. The standard InChI is InChI=1S/C20H18N4O3/c1-23-18(16(12-21)19(25)24(2)20(23)26)22-13-14-8-6-7-11-17(14)27-15-9-4-3-5-10-15/h3-11,16H,13H2,1-2H3/p+1. The molecule has 1 unspecified atom stereocenters. The van der Waals surface area contributed by atoms with Gasteiger partial charge in [-0.3, -0.25) is 9.79 Å². The Balaban J connectivity index is 1.88. The van der Waals surface area contributed by atoms with Crippen molar-refractivity contribution in [1.82, 2.24) is 9.80 Å². The molecule has 0 bridgehead atoms. The predicted molar refractivity (Wildman–Crippen MR) is 97.7 cm³/mol. The third-order valence-electron chi connectivity index (χ3n) is 4.32. The monoisotopic (exact) mass is 363 g/mol. The summed E-state index contributed by atoms with van der Waals surface area (Å²) in [5, 5.41) is 9.38. The van der Waals surface area contributed by atoms with Crippen molar-refractivity contribution in [2.75, 3.05) is 14.1 Å². The number of nitrogens with zero attached hydrogens (tertiary/aromatic N) is 3. The molecule has 7 heteroatoms. The second kappa shape index (κ2) is 7.70. The van der Waals surface area contributed by atoms with E-state index >= 15 is 0 Å². The van der Waals surface area contributed by atoms with E-state index in [0.717, 1.165) is 10.5 Å². The van der Waals surface area contributed by atoms with E-state index < -0.39 is 17.9 Å². The highest BCUT2D eigenvalue weighted by Gasteiger charge is 2.46. The fourth-order valence-corrected chi connectivity index (χ4v) is 2.81. The zero-order valence-corrected chi connectivity index (χ0v) is 15.0. The van der Waals surface area contributed by atoms with Crippen LogP contribution in [0.15, 0.2) is 54.6 Å². The first-order chi connectivity index (χ1) is 13.0. The van der Waals surface area contributed by atoms with Crippen LogP contribution in [-0.2, 0) is 11.3 Å². The maximum atomic E-state index is 12.2. The van der Waals surface area contributed by atoms with E-state index in [-0.39, 0.29) is 5.84 Å². The van der Waals surface area contributed by atoms with Crippen molar-refractivity contribution in [3.63, 3.8) is 0 Å². The van der Waals surface area contributed by atoms with Gasteiger partial charge < -0.3 is 4.74 Å². The number of amidine groups is 1. The number of amides is 3. The molecule has 0 aliphatic carbocycles. The molecule has 3 rings (SSSR count). The number of urea groups is 1. The summed E-state index contributed by atoms with van der Waals surface area (Å²) in [7, 11) is 2.90. The largest absolute Gasteiger partial charge is 0.457 e. The number of benzene rings is 2. The van der Waals surface area contributed by atoms with Crippen LogP contribution in [0.1, 0.15) is 5.56 Å². The van der Waals surface area contributed by atoms with Crippen LogP contribution >= 0.6 is 0 Å². The van der Waals surface area contributed by atoms with E-state index in [9.17, 15) is 14.9 Å². The van der Waals surface area contributed by atoms with Gasteiger partial charge >= 0.3 is 6.03 Å². The molecular formula is C20H19N4O3+. The van der Waals surface area contributed by atoms with Gasteiger partial charge in [0, 0.05) is 12.6 Å². The summed E-state index contributed by atoms with van der Waals surface area (Å²) in [4.78, 5) is 29.7. The first kappa shape index (κ1) is 18.1. The molecule has 0 saturated carbocycles. The Bertz CT molecular complexity index is 934. The van der Waals surface area contributed by atoms with E-state index in [4.69, 9.17) is 4.74 Å². The highest BCUT2D eigenvalue weighted by Crippen LogP contribution is 2.24. The summed E-state index contributed by atoms with van der Waals surface area (Å²) in [6.07, 6.45) is 0. The second-order valence-corrected chi connectivity index (χ2v) is 6.06. The number of nitrogens with one attached hydrogen (secondary N) is 1. The average Bonchev–Trinajstić information content (AvgIpc) is 2.70. The molecule has 27 heavy (non-hydrogen) atoms. The first-order valence-corrected chi connectivity index (χ1v) is 8.39. The fraction of sp³-hybridized carbons (Fsp3) is 0.200. The summed E-state index contributed by atoms with van der Waals surface area (Å²) in [6.45, 7) is 0.297. The summed E-state index contributed by atoms with van der Waals surface area (Å²) in [5.41, 5.74) is 0.831. The molecule has 3 amide bonds. The molecule has 1 N–H and O–H groups in total. The fourth-order valence-electron chi connectivity index (χ4n) is 2.81. The molecule has 1 aliphatic heterocycles. The third kappa shape index (κ3) is 3.65. The molecule has 2 aromatic rings. The van der Waals surface area contributed by atoms with Crippen LogP contribution in [0.3, 0.4) is 0 Å². The number of carbonyl (C=O) groups excluding carboxylic acids is 2. The lowest BCUT2D eigenvalue weighted by Crippen LogP contribution is -2.79. The molecule has 1 fully saturated rings. The van der Waals surface area contributed by atoms with Crippen LogP contribution in [0.25, 0.3) is 0 Å². The van der Waals surface area contributed by atoms with Crippen LogP contribution in [0, 0.1) is 17.2 Å². The molecule has 1 atom stereocenters. The zero-order chi connectivity index (χ0) is 19.4. The molecule has 7 nitrogen and oxygen atoms in total. The lowest BCUT2D eigenvalue weighted by atomic mass is 10.1. The number of imide groups is 1. The van der Waals surface area contributed by atoms with Crippen LogP contribution < -0.4 is 9.73 Å². The van der Waals surface area contributed by atoms with Gasteiger partial charge in [0.25, 0.3) is 11.7 Å². The number of ether oxygens (including phenoxy) is 1. The molecule has 1 aliphatic rings. The van der Waals surface area contributed by atoms with E-state index in [1.54, 1.807) is 0 Å². The molecule has 136 valence electrons. The second-order valence-electron chi connectivity index (χ2n) is 6.06. The van der Waals surface area contributed by atoms with Gasteiger partial charge in [0.05, 0.1) is 13.1 Å². The zero-order valence-electron chi connectivity index (χ0n) is 15.0. The van der Waals surface area contributed by atoms with Gasteiger partial charge in [-0.2, -0.15) is 10.2 Å². The average molecular weight is 363 g/mol. The van der Waals surface area contributed by atoms with Gasteiger partial charge in [0.1, 0.15) is 18.0 Å². The first-order valence-electron chi connectivity index (χ1n) is 8.39.